The Morgan fingerprint density at radius 1 is 1.39 bits per heavy atom. The van der Waals surface area contributed by atoms with E-state index in [4.69, 9.17) is 14.6 Å². The molecule has 0 spiro atoms. The summed E-state index contributed by atoms with van der Waals surface area (Å²) in [6.45, 7) is 5.11. The maximum atomic E-state index is 11.8. The number of carboxylic acid groups (broad SMARTS) is 1. The van der Waals surface area contributed by atoms with Crippen LogP contribution in [-0.2, 0) is 19.1 Å². The van der Waals surface area contributed by atoms with Crippen molar-refractivity contribution in [1.82, 2.24) is 5.32 Å². The molecule has 2 N–H and O–H groups in total. The molecule has 1 saturated heterocycles. The second-order valence-corrected chi connectivity index (χ2v) is 4.39. The molecule has 0 radical (unpaired) electrons. The third kappa shape index (κ3) is 4.27. The van der Waals surface area contributed by atoms with E-state index in [1.807, 2.05) is 0 Å². The molecule has 1 rings (SSSR count). The summed E-state index contributed by atoms with van der Waals surface area (Å²) in [5, 5.41) is 12.2. The number of piperidine rings is 1. The van der Waals surface area contributed by atoms with E-state index in [-0.39, 0.29) is 12.7 Å². The summed E-state index contributed by atoms with van der Waals surface area (Å²) in [4.78, 5) is 22.8. The minimum atomic E-state index is -1.13. The highest BCUT2D eigenvalue weighted by Gasteiger charge is 2.33. The van der Waals surface area contributed by atoms with Gasteiger partial charge in [0.25, 0.3) is 0 Å². The number of aliphatic carboxylic acids is 1. The van der Waals surface area contributed by atoms with Crippen molar-refractivity contribution in [1.29, 1.82) is 0 Å². The van der Waals surface area contributed by atoms with Crippen molar-refractivity contribution in [2.24, 2.45) is 5.92 Å². The van der Waals surface area contributed by atoms with Gasteiger partial charge in [0.15, 0.2) is 6.10 Å². The van der Waals surface area contributed by atoms with Crippen LogP contribution in [0.25, 0.3) is 0 Å². The molecule has 0 aromatic rings. The van der Waals surface area contributed by atoms with Gasteiger partial charge in [-0.3, -0.25) is 4.79 Å². The third-order valence-corrected chi connectivity index (χ3v) is 2.98. The topological polar surface area (TPSA) is 84.9 Å². The second-order valence-electron chi connectivity index (χ2n) is 4.39. The molecule has 6 heteroatoms. The van der Waals surface area contributed by atoms with E-state index < -0.39 is 24.0 Å². The first-order valence-corrected chi connectivity index (χ1v) is 6.31. The Morgan fingerprint density at radius 2 is 2.00 bits per heavy atom. The SMILES string of the molecule is CCOC(C(=O)O)C(C)C(=O)OC1CCNCC1. The summed E-state index contributed by atoms with van der Waals surface area (Å²) >= 11 is 0. The third-order valence-electron chi connectivity index (χ3n) is 2.98. The lowest BCUT2D eigenvalue weighted by molar-refractivity contribution is -0.169. The molecule has 0 saturated carbocycles. The number of rotatable bonds is 6. The number of hydrogen-bond donors (Lipinski definition) is 2. The lowest BCUT2D eigenvalue weighted by Gasteiger charge is -2.25. The summed E-state index contributed by atoms with van der Waals surface area (Å²) < 4.78 is 10.4. The lowest BCUT2D eigenvalue weighted by Crippen LogP contribution is -2.40. The maximum absolute atomic E-state index is 11.8. The second kappa shape index (κ2) is 7.33. The summed E-state index contributed by atoms with van der Waals surface area (Å²) in [7, 11) is 0. The van der Waals surface area contributed by atoms with Gasteiger partial charge in [-0.15, -0.1) is 0 Å². The van der Waals surface area contributed by atoms with Crippen molar-refractivity contribution in [3.63, 3.8) is 0 Å². The summed E-state index contributed by atoms with van der Waals surface area (Å²) in [5.74, 6) is -2.42. The molecule has 6 nitrogen and oxygen atoms in total. The van der Waals surface area contributed by atoms with Crippen molar-refractivity contribution < 1.29 is 24.2 Å². The van der Waals surface area contributed by atoms with Gasteiger partial charge in [0, 0.05) is 6.61 Å². The van der Waals surface area contributed by atoms with Crippen molar-refractivity contribution in [2.45, 2.75) is 38.9 Å². The number of nitrogens with one attached hydrogen (secondary N) is 1. The monoisotopic (exact) mass is 259 g/mol. The molecule has 0 amide bonds. The fourth-order valence-electron chi connectivity index (χ4n) is 1.92. The van der Waals surface area contributed by atoms with Crippen molar-refractivity contribution >= 4 is 11.9 Å². The van der Waals surface area contributed by atoms with Crippen LogP contribution in [0.1, 0.15) is 26.7 Å². The van der Waals surface area contributed by atoms with Gasteiger partial charge in [-0.1, -0.05) is 0 Å². The van der Waals surface area contributed by atoms with E-state index >= 15 is 0 Å². The zero-order valence-electron chi connectivity index (χ0n) is 10.8. The van der Waals surface area contributed by atoms with E-state index in [0.717, 1.165) is 25.9 Å². The summed E-state index contributed by atoms with van der Waals surface area (Å²) in [6.07, 6.45) is 0.289. The number of carbonyl (C=O) groups excluding carboxylic acids is 1. The van der Waals surface area contributed by atoms with Crippen molar-refractivity contribution in [2.75, 3.05) is 19.7 Å². The average Bonchev–Trinajstić information content (AvgIpc) is 2.36. The Balaban J connectivity index is 2.49. The van der Waals surface area contributed by atoms with Gasteiger partial charge in [0.2, 0.25) is 0 Å². The van der Waals surface area contributed by atoms with Gasteiger partial charge in [-0.2, -0.15) is 0 Å². The molecule has 1 aliphatic rings. The van der Waals surface area contributed by atoms with Crippen LogP contribution in [-0.4, -0.2) is 48.9 Å². The van der Waals surface area contributed by atoms with Gasteiger partial charge in [0.05, 0.1) is 5.92 Å². The first kappa shape index (κ1) is 14.9. The minimum absolute atomic E-state index is 0.114. The number of ether oxygens (including phenoxy) is 2. The van der Waals surface area contributed by atoms with E-state index in [1.54, 1.807) is 6.92 Å². The normalized spacial score (nSPS) is 20.1. The van der Waals surface area contributed by atoms with Crippen LogP contribution >= 0.6 is 0 Å². The predicted molar refractivity (Wildman–Crippen MR) is 64.2 cm³/mol. The molecular formula is C12H21NO5. The Bertz CT molecular complexity index is 288. The fourth-order valence-corrected chi connectivity index (χ4v) is 1.92. The average molecular weight is 259 g/mol. The molecular weight excluding hydrogens is 238 g/mol. The van der Waals surface area contributed by atoms with Crippen LogP contribution < -0.4 is 5.32 Å². The van der Waals surface area contributed by atoms with Crippen molar-refractivity contribution in [3.8, 4) is 0 Å². The van der Waals surface area contributed by atoms with E-state index in [2.05, 4.69) is 5.32 Å². The highest BCUT2D eigenvalue weighted by atomic mass is 16.6. The molecule has 2 atom stereocenters. The number of hydrogen-bond acceptors (Lipinski definition) is 5. The molecule has 0 aliphatic carbocycles. The van der Waals surface area contributed by atoms with Gasteiger partial charge in [-0.05, 0) is 39.8 Å². The molecule has 0 aromatic carbocycles. The van der Waals surface area contributed by atoms with Crippen LogP contribution in [0.5, 0.6) is 0 Å². The minimum Gasteiger partial charge on any atom is -0.479 e. The van der Waals surface area contributed by atoms with Crippen LogP contribution in [0.2, 0.25) is 0 Å². The van der Waals surface area contributed by atoms with Crippen LogP contribution in [0.3, 0.4) is 0 Å². The Morgan fingerprint density at radius 3 is 2.50 bits per heavy atom. The van der Waals surface area contributed by atoms with E-state index in [0.29, 0.717) is 0 Å². The smallest absolute Gasteiger partial charge is 0.333 e. The molecule has 1 heterocycles. The zero-order chi connectivity index (χ0) is 13.5. The molecule has 18 heavy (non-hydrogen) atoms. The van der Waals surface area contributed by atoms with Crippen LogP contribution in [0.15, 0.2) is 0 Å². The van der Waals surface area contributed by atoms with Gasteiger partial charge in [0.1, 0.15) is 6.10 Å². The highest BCUT2D eigenvalue weighted by Crippen LogP contribution is 2.15. The number of esters is 1. The quantitative estimate of drug-likeness (QED) is 0.672. The standard InChI is InChI=1S/C12H21NO5/c1-3-17-10(11(14)15)8(2)12(16)18-9-4-6-13-7-5-9/h8-10,13H,3-7H2,1-2H3,(H,14,15). The lowest BCUT2D eigenvalue weighted by atomic mass is 10.0. The maximum Gasteiger partial charge on any atom is 0.333 e. The molecule has 0 bridgehead atoms. The van der Waals surface area contributed by atoms with Crippen LogP contribution in [0.4, 0.5) is 0 Å². The number of carboxylic acids is 1. The molecule has 1 aliphatic heterocycles. The molecule has 0 aromatic heterocycles. The Hall–Kier alpha value is -1.14. The van der Waals surface area contributed by atoms with Crippen LogP contribution in [0, 0.1) is 5.92 Å². The molecule has 104 valence electrons. The van der Waals surface area contributed by atoms with Gasteiger partial charge in [-0.25, -0.2) is 4.79 Å². The first-order chi connectivity index (χ1) is 8.56. The van der Waals surface area contributed by atoms with Crippen molar-refractivity contribution in [3.05, 3.63) is 0 Å². The zero-order valence-corrected chi connectivity index (χ0v) is 10.8. The Kier molecular flexibility index (Phi) is 6.07. The Labute approximate surface area is 107 Å². The largest absolute Gasteiger partial charge is 0.479 e. The molecule has 1 fully saturated rings. The summed E-state index contributed by atoms with van der Waals surface area (Å²) in [6, 6.07) is 0. The predicted octanol–water partition coefficient (Wildman–Crippen LogP) is 0.407. The highest BCUT2D eigenvalue weighted by molar-refractivity contribution is 5.82. The summed E-state index contributed by atoms with van der Waals surface area (Å²) in [5.41, 5.74) is 0. The van der Waals surface area contributed by atoms with E-state index in [1.165, 1.54) is 6.92 Å². The fraction of sp³-hybridized carbons (Fsp3) is 0.833. The first-order valence-electron chi connectivity index (χ1n) is 6.31. The van der Waals surface area contributed by atoms with Gasteiger partial charge >= 0.3 is 11.9 Å². The number of carbonyl (C=O) groups is 2. The van der Waals surface area contributed by atoms with E-state index in [9.17, 15) is 9.59 Å². The molecule has 2 unspecified atom stereocenters. The van der Waals surface area contributed by atoms with Gasteiger partial charge < -0.3 is 19.9 Å².